The lowest BCUT2D eigenvalue weighted by atomic mass is 9.60. The molecule has 102 valence electrons. The van der Waals surface area contributed by atoms with Crippen LogP contribution in [0.25, 0.3) is 0 Å². The predicted molar refractivity (Wildman–Crippen MR) is 58.6 cm³/mol. The number of hydrogen-bond donors (Lipinski definition) is 2. The molecule has 2 unspecified atom stereocenters. The molecule has 0 radical (unpaired) electrons. The van der Waals surface area contributed by atoms with Gasteiger partial charge in [-0.1, -0.05) is 6.58 Å². The molecule has 0 amide bonds. The highest BCUT2D eigenvalue weighted by Crippen LogP contribution is 2.29. The highest BCUT2D eigenvalue weighted by Gasteiger charge is 2.47. The first-order chi connectivity index (χ1) is 8.22. The smallest absolute Gasteiger partial charge is 0.429 e. The van der Waals surface area contributed by atoms with Gasteiger partial charge in [0.2, 0.25) is 0 Å². The quantitative estimate of drug-likeness (QED) is 0.238. The molecule has 2 N–H and O–H groups in total. The number of carbonyl (C=O) groups excluding carboxylic acids is 1. The summed E-state index contributed by atoms with van der Waals surface area (Å²) in [4.78, 5) is 19.1. The van der Waals surface area contributed by atoms with E-state index in [0.717, 1.165) is 0 Å². The van der Waals surface area contributed by atoms with Gasteiger partial charge in [0.15, 0.2) is 12.0 Å². The Balaban J connectivity index is 2.69. The van der Waals surface area contributed by atoms with Crippen molar-refractivity contribution < 1.29 is 39.3 Å². The van der Waals surface area contributed by atoms with Gasteiger partial charge in [0.25, 0.3) is 7.28 Å². The Labute approximate surface area is 104 Å². The van der Waals surface area contributed by atoms with Crippen LogP contribution in [0.3, 0.4) is 0 Å². The molecule has 0 aromatic heterocycles. The zero-order valence-corrected chi connectivity index (χ0v) is 10.3. The summed E-state index contributed by atoms with van der Waals surface area (Å²) in [5, 5.41) is 17.3. The van der Waals surface area contributed by atoms with E-state index in [0.29, 0.717) is 0 Å². The molecule has 0 saturated carbocycles. The maximum Gasteiger partial charge on any atom is 0.513 e. The lowest BCUT2D eigenvalue weighted by Crippen LogP contribution is -2.46. The van der Waals surface area contributed by atoms with E-state index in [2.05, 4.69) is 21.1 Å². The summed E-state index contributed by atoms with van der Waals surface area (Å²) in [5.74, 6) is -1.34. The summed E-state index contributed by atoms with van der Waals surface area (Å²) in [6.45, 7) is 7.83. The molecule has 1 rings (SSSR count). The highest BCUT2D eigenvalue weighted by atomic mass is 17.2. The molecule has 0 spiro atoms. The van der Waals surface area contributed by atoms with Gasteiger partial charge in [0, 0.05) is 0 Å². The largest absolute Gasteiger partial charge is 0.513 e. The van der Waals surface area contributed by atoms with Crippen molar-refractivity contribution in [3.8, 4) is 0 Å². The van der Waals surface area contributed by atoms with Gasteiger partial charge in [-0.3, -0.25) is 0 Å². The monoisotopic (exact) mass is 262 g/mol. The summed E-state index contributed by atoms with van der Waals surface area (Å²) in [7, 11) is -0.0964. The molecule has 8 nitrogen and oxygen atoms in total. The van der Waals surface area contributed by atoms with Crippen LogP contribution in [0.15, 0.2) is 12.3 Å². The lowest BCUT2D eigenvalue weighted by molar-refractivity contribution is -0.435. The van der Waals surface area contributed by atoms with Gasteiger partial charge >= 0.3 is 6.16 Å². The van der Waals surface area contributed by atoms with Gasteiger partial charge < -0.3 is 14.2 Å². The first kappa shape index (κ1) is 14.9. The van der Waals surface area contributed by atoms with Crippen molar-refractivity contribution in [3.63, 3.8) is 0 Å². The van der Waals surface area contributed by atoms with E-state index < -0.39 is 23.6 Å². The van der Waals surface area contributed by atoms with Crippen LogP contribution in [0.5, 0.6) is 0 Å². The fourth-order valence-corrected chi connectivity index (χ4v) is 1.38. The molecule has 1 saturated heterocycles. The summed E-state index contributed by atoms with van der Waals surface area (Å²) in [5.41, 5.74) is -1.20. The van der Waals surface area contributed by atoms with E-state index in [9.17, 15) is 4.79 Å². The molecular weight excluding hydrogens is 247 g/mol. The number of carbonyl (C=O) groups is 1. The van der Waals surface area contributed by atoms with Gasteiger partial charge in [-0.15, -0.1) is 0 Å². The Bertz CT molecular complexity index is 343. The Morgan fingerprint density at radius 3 is 2.50 bits per heavy atom. The van der Waals surface area contributed by atoms with Crippen molar-refractivity contribution in [1.29, 1.82) is 0 Å². The zero-order valence-electron chi connectivity index (χ0n) is 10.3. The number of ether oxygens (including phenoxy) is 3. The van der Waals surface area contributed by atoms with Gasteiger partial charge in [0.05, 0.1) is 0 Å². The minimum Gasteiger partial charge on any atom is -0.429 e. The predicted octanol–water partition coefficient (Wildman–Crippen LogP) is 0.835. The van der Waals surface area contributed by atoms with Gasteiger partial charge in [-0.25, -0.2) is 25.1 Å². The number of hydrogen-bond acceptors (Lipinski definition) is 8. The van der Waals surface area contributed by atoms with Crippen LogP contribution in [0.2, 0.25) is 0 Å². The SMILES string of the molecule is C=C1OC(=O)OC1(C)BC(OO)OC(C)(C)OO. The first-order valence-electron chi connectivity index (χ1n) is 5.13. The second kappa shape index (κ2) is 5.25. The maximum atomic E-state index is 11.0. The van der Waals surface area contributed by atoms with Crippen LogP contribution in [0.1, 0.15) is 20.8 Å². The Morgan fingerprint density at radius 2 is 2.11 bits per heavy atom. The molecule has 2 atom stereocenters. The van der Waals surface area contributed by atoms with Crippen molar-refractivity contribution in [2.24, 2.45) is 0 Å². The third-order valence-electron chi connectivity index (χ3n) is 2.41. The van der Waals surface area contributed by atoms with Crippen molar-refractivity contribution in [3.05, 3.63) is 12.3 Å². The highest BCUT2D eigenvalue weighted by molar-refractivity contribution is 6.42. The molecule has 9 heteroatoms. The molecule has 0 bridgehead atoms. The normalized spacial score (nSPS) is 25.6. The summed E-state index contributed by atoms with van der Waals surface area (Å²) < 4.78 is 14.7. The molecule has 0 aromatic carbocycles. The van der Waals surface area contributed by atoms with Crippen LogP contribution < -0.4 is 0 Å². The van der Waals surface area contributed by atoms with E-state index in [1.807, 2.05) is 0 Å². The van der Waals surface area contributed by atoms with E-state index in [1.165, 1.54) is 20.8 Å². The number of cyclic esters (lactones) is 2. The van der Waals surface area contributed by atoms with Crippen molar-refractivity contribution in [1.82, 2.24) is 0 Å². The second-order valence-corrected chi connectivity index (χ2v) is 4.46. The standard InChI is InChI=1S/C9H15BO8/c1-5-9(4,16-7(11)14-5)10-6(17-12)15-8(2,3)18-13/h6,10,12-13H,1H2,2-4H3. The van der Waals surface area contributed by atoms with Gasteiger partial charge in [-0.05, 0) is 20.8 Å². The molecule has 18 heavy (non-hydrogen) atoms. The first-order valence-corrected chi connectivity index (χ1v) is 5.13. The van der Waals surface area contributed by atoms with E-state index in [4.69, 9.17) is 20.0 Å². The van der Waals surface area contributed by atoms with Crippen molar-refractivity contribution in [2.45, 2.75) is 38.2 Å². The summed E-state index contributed by atoms with van der Waals surface area (Å²) >= 11 is 0. The van der Waals surface area contributed by atoms with Crippen LogP contribution in [0.4, 0.5) is 4.79 Å². The van der Waals surface area contributed by atoms with E-state index in [1.54, 1.807) is 0 Å². The lowest BCUT2D eigenvalue weighted by Gasteiger charge is -2.29. The molecular formula is C9H15BO8. The average molecular weight is 262 g/mol. The summed E-state index contributed by atoms with van der Waals surface area (Å²) in [6, 6.07) is 0. The Kier molecular flexibility index (Phi) is 4.35. The molecule has 1 aliphatic heterocycles. The van der Waals surface area contributed by atoms with E-state index in [-0.39, 0.29) is 13.0 Å². The molecule has 1 aliphatic rings. The fraction of sp³-hybridized carbons (Fsp3) is 0.667. The topological polar surface area (TPSA) is 104 Å². The Hall–Kier alpha value is -1.13. The molecule has 0 aromatic rings. The average Bonchev–Trinajstić information content (AvgIpc) is 2.51. The van der Waals surface area contributed by atoms with Crippen molar-refractivity contribution >= 4 is 13.4 Å². The molecule has 1 fully saturated rings. The minimum atomic E-state index is -1.41. The fourth-order valence-electron chi connectivity index (χ4n) is 1.38. The van der Waals surface area contributed by atoms with Crippen LogP contribution >= 0.6 is 0 Å². The van der Waals surface area contributed by atoms with Crippen molar-refractivity contribution in [2.75, 3.05) is 0 Å². The van der Waals surface area contributed by atoms with Crippen LogP contribution in [-0.4, -0.2) is 41.4 Å². The molecule has 0 aliphatic carbocycles. The Morgan fingerprint density at radius 1 is 1.50 bits per heavy atom. The third-order valence-corrected chi connectivity index (χ3v) is 2.41. The minimum absolute atomic E-state index is 0.0703. The van der Waals surface area contributed by atoms with Gasteiger partial charge in [-0.2, -0.15) is 0 Å². The van der Waals surface area contributed by atoms with E-state index >= 15 is 0 Å². The maximum absolute atomic E-state index is 11.0. The zero-order chi connectivity index (χ0) is 14.0. The third kappa shape index (κ3) is 3.43. The van der Waals surface area contributed by atoms with Crippen LogP contribution in [0, 0.1) is 0 Å². The number of rotatable bonds is 6. The second-order valence-electron chi connectivity index (χ2n) is 4.46. The van der Waals surface area contributed by atoms with Gasteiger partial charge in [0.1, 0.15) is 11.3 Å². The van der Waals surface area contributed by atoms with Crippen LogP contribution in [-0.2, 0) is 24.0 Å². The summed E-state index contributed by atoms with van der Waals surface area (Å²) in [6.07, 6.45) is -2.11. The molecule has 1 heterocycles.